The van der Waals surface area contributed by atoms with Gasteiger partial charge in [0.1, 0.15) is 5.75 Å². The van der Waals surface area contributed by atoms with E-state index in [4.69, 9.17) is 4.74 Å². The van der Waals surface area contributed by atoms with Gasteiger partial charge in [-0.25, -0.2) is 10.2 Å². The van der Waals surface area contributed by atoms with Crippen molar-refractivity contribution in [2.24, 2.45) is 5.10 Å². The number of hydrazone groups is 1. The second-order valence-corrected chi connectivity index (χ2v) is 7.58. The molecule has 0 spiro atoms. The van der Waals surface area contributed by atoms with Gasteiger partial charge in [-0.1, -0.05) is 64.5 Å². The molecular weight excluding hydrogens is 456 g/mol. The number of esters is 1. The van der Waals surface area contributed by atoms with Crippen LogP contribution in [0.15, 0.2) is 101 Å². The van der Waals surface area contributed by atoms with Crippen LogP contribution in [0.2, 0.25) is 0 Å². The summed E-state index contributed by atoms with van der Waals surface area (Å²) in [5.41, 5.74) is 4.04. The van der Waals surface area contributed by atoms with E-state index in [1.54, 1.807) is 54.6 Å². The third kappa shape index (κ3) is 4.87. The van der Waals surface area contributed by atoms with Crippen molar-refractivity contribution in [3.8, 4) is 5.75 Å². The molecule has 6 heteroatoms. The van der Waals surface area contributed by atoms with Gasteiger partial charge in [0, 0.05) is 15.6 Å². The Balaban J connectivity index is 1.63. The van der Waals surface area contributed by atoms with E-state index in [1.807, 2.05) is 36.4 Å². The van der Waals surface area contributed by atoms with Gasteiger partial charge < -0.3 is 4.74 Å². The molecule has 0 aliphatic heterocycles. The summed E-state index contributed by atoms with van der Waals surface area (Å²) in [6.45, 7) is 0. The highest BCUT2D eigenvalue weighted by Crippen LogP contribution is 2.27. The summed E-state index contributed by atoms with van der Waals surface area (Å²) in [5, 5.41) is 5.91. The number of halogens is 1. The number of rotatable bonds is 5. The Bertz CT molecular complexity index is 1270. The number of hydrogen-bond donors (Lipinski definition) is 1. The molecule has 0 aromatic heterocycles. The number of benzene rings is 4. The standard InChI is InChI=1S/C25H17BrN2O3/c26-20-13-10-19(11-14-20)25(30)31-23-15-12-17-6-4-5-9-21(17)22(23)16-27-28-24(29)18-7-2-1-3-8-18/h1-16H,(H,28,29)/b27-16+. The number of amides is 1. The van der Waals surface area contributed by atoms with Crippen LogP contribution in [0.4, 0.5) is 0 Å². The Hall–Kier alpha value is -3.77. The molecule has 0 saturated carbocycles. The molecule has 0 atom stereocenters. The average Bonchev–Trinajstić information content (AvgIpc) is 2.81. The van der Waals surface area contributed by atoms with Crippen molar-refractivity contribution < 1.29 is 14.3 Å². The lowest BCUT2D eigenvalue weighted by molar-refractivity contribution is 0.0734. The number of fused-ring (bicyclic) bond motifs is 1. The van der Waals surface area contributed by atoms with Crippen LogP contribution in [-0.2, 0) is 0 Å². The van der Waals surface area contributed by atoms with E-state index in [1.165, 1.54) is 6.21 Å². The van der Waals surface area contributed by atoms with Gasteiger partial charge >= 0.3 is 5.97 Å². The summed E-state index contributed by atoms with van der Waals surface area (Å²) >= 11 is 3.35. The van der Waals surface area contributed by atoms with Crippen LogP contribution in [0.25, 0.3) is 10.8 Å². The van der Waals surface area contributed by atoms with Crippen LogP contribution in [0.5, 0.6) is 5.75 Å². The minimum Gasteiger partial charge on any atom is -0.422 e. The molecule has 4 aromatic carbocycles. The van der Waals surface area contributed by atoms with E-state index in [0.717, 1.165) is 15.2 Å². The smallest absolute Gasteiger partial charge is 0.343 e. The topological polar surface area (TPSA) is 67.8 Å². The van der Waals surface area contributed by atoms with E-state index in [2.05, 4.69) is 26.5 Å². The molecule has 0 heterocycles. The molecule has 4 rings (SSSR count). The van der Waals surface area contributed by atoms with Gasteiger partial charge in [-0.3, -0.25) is 4.79 Å². The number of carbonyl (C=O) groups is 2. The van der Waals surface area contributed by atoms with Crippen LogP contribution in [0.3, 0.4) is 0 Å². The Morgan fingerprint density at radius 2 is 1.52 bits per heavy atom. The Kier molecular flexibility index (Phi) is 6.19. The molecule has 0 radical (unpaired) electrons. The van der Waals surface area contributed by atoms with E-state index >= 15 is 0 Å². The SMILES string of the molecule is O=C(N/N=C/c1c(OC(=O)c2ccc(Br)cc2)ccc2ccccc12)c1ccccc1. The number of hydrogen-bond acceptors (Lipinski definition) is 4. The van der Waals surface area contributed by atoms with Crippen LogP contribution in [-0.4, -0.2) is 18.1 Å². The predicted octanol–water partition coefficient (Wildman–Crippen LogP) is 5.59. The van der Waals surface area contributed by atoms with Gasteiger partial charge in [0.05, 0.1) is 11.8 Å². The van der Waals surface area contributed by atoms with Gasteiger partial charge in [-0.05, 0) is 53.2 Å². The molecule has 0 bridgehead atoms. The third-order valence-electron chi connectivity index (χ3n) is 4.61. The van der Waals surface area contributed by atoms with Crippen LogP contribution < -0.4 is 10.2 Å². The minimum atomic E-state index is -0.481. The van der Waals surface area contributed by atoms with Gasteiger partial charge in [0.25, 0.3) is 5.91 Å². The highest BCUT2D eigenvalue weighted by atomic mass is 79.9. The van der Waals surface area contributed by atoms with E-state index < -0.39 is 5.97 Å². The summed E-state index contributed by atoms with van der Waals surface area (Å²) < 4.78 is 6.54. The Morgan fingerprint density at radius 1 is 0.806 bits per heavy atom. The van der Waals surface area contributed by atoms with E-state index in [0.29, 0.717) is 22.4 Å². The second-order valence-electron chi connectivity index (χ2n) is 6.66. The summed E-state index contributed by atoms with van der Waals surface area (Å²) in [6, 6.07) is 27.0. The maximum absolute atomic E-state index is 12.6. The number of nitrogens with zero attached hydrogens (tertiary/aromatic N) is 1. The molecule has 0 saturated heterocycles. The molecular formula is C25H17BrN2O3. The summed E-state index contributed by atoms with van der Waals surface area (Å²) in [5.74, 6) is -0.458. The van der Waals surface area contributed by atoms with Crippen LogP contribution in [0.1, 0.15) is 26.3 Å². The Labute approximate surface area is 187 Å². The number of nitrogens with one attached hydrogen (secondary N) is 1. The first-order valence-electron chi connectivity index (χ1n) is 9.50. The van der Waals surface area contributed by atoms with Gasteiger partial charge in [-0.15, -0.1) is 0 Å². The molecule has 4 aromatic rings. The van der Waals surface area contributed by atoms with Crippen molar-refractivity contribution in [1.29, 1.82) is 0 Å². The second kappa shape index (κ2) is 9.36. The van der Waals surface area contributed by atoms with Gasteiger partial charge in [0.2, 0.25) is 0 Å². The molecule has 1 N–H and O–H groups in total. The molecule has 0 aliphatic carbocycles. The minimum absolute atomic E-state index is 0.328. The van der Waals surface area contributed by atoms with Crippen molar-refractivity contribution in [3.05, 3.63) is 112 Å². The third-order valence-corrected chi connectivity index (χ3v) is 5.14. The van der Waals surface area contributed by atoms with Crippen molar-refractivity contribution in [3.63, 3.8) is 0 Å². The van der Waals surface area contributed by atoms with E-state index in [-0.39, 0.29) is 5.91 Å². The molecule has 31 heavy (non-hydrogen) atoms. The predicted molar refractivity (Wildman–Crippen MR) is 125 cm³/mol. The summed E-state index contributed by atoms with van der Waals surface area (Å²) in [4.78, 5) is 24.9. The summed E-state index contributed by atoms with van der Waals surface area (Å²) in [6.07, 6.45) is 1.49. The summed E-state index contributed by atoms with van der Waals surface area (Å²) in [7, 11) is 0. The molecule has 0 fully saturated rings. The number of carbonyl (C=O) groups excluding carboxylic acids is 2. The zero-order chi connectivity index (χ0) is 21.6. The van der Waals surface area contributed by atoms with Crippen molar-refractivity contribution in [2.45, 2.75) is 0 Å². The van der Waals surface area contributed by atoms with Crippen molar-refractivity contribution >= 4 is 44.8 Å². The molecule has 0 aliphatic rings. The zero-order valence-corrected chi connectivity index (χ0v) is 17.9. The first-order chi connectivity index (χ1) is 15.1. The number of ether oxygens (including phenoxy) is 1. The molecule has 5 nitrogen and oxygen atoms in total. The first kappa shape index (κ1) is 20.5. The van der Waals surface area contributed by atoms with Gasteiger partial charge in [0.15, 0.2) is 0 Å². The Morgan fingerprint density at radius 3 is 2.29 bits per heavy atom. The van der Waals surface area contributed by atoms with Crippen LogP contribution >= 0.6 is 15.9 Å². The lowest BCUT2D eigenvalue weighted by Crippen LogP contribution is -2.17. The molecule has 152 valence electrons. The maximum Gasteiger partial charge on any atom is 0.343 e. The lowest BCUT2D eigenvalue weighted by atomic mass is 10.0. The quantitative estimate of drug-likeness (QED) is 0.178. The normalized spacial score (nSPS) is 10.9. The monoisotopic (exact) mass is 472 g/mol. The first-order valence-corrected chi connectivity index (χ1v) is 10.3. The van der Waals surface area contributed by atoms with Crippen LogP contribution in [0, 0.1) is 0 Å². The highest BCUT2D eigenvalue weighted by Gasteiger charge is 2.13. The highest BCUT2D eigenvalue weighted by molar-refractivity contribution is 9.10. The van der Waals surface area contributed by atoms with Crippen molar-refractivity contribution in [1.82, 2.24) is 5.43 Å². The lowest BCUT2D eigenvalue weighted by Gasteiger charge is -2.10. The molecule has 0 unspecified atom stereocenters. The van der Waals surface area contributed by atoms with Crippen molar-refractivity contribution in [2.75, 3.05) is 0 Å². The fourth-order valence-electron chi connectivity index (χ4n) is 3.05. The maximum atomic E-state index is 12.6. The molecule has 1 amide bonds. The van der Waals surface area contributed by atoms with Gasteiger partial charge in [-0.2, -0.15) is 5.10 Å². The van der Waals surface area contributed by atoms with E-state index in [9.17, 15) is 9.59 Å². The fraction of sp³-hybridized carbons (Fsp3) is 0. The average molecular weight is 473 g/mol. The largest absolute Gasteiger partial charge is 0.422 e. The zero-order valence-electron chi connectivity index (χ0n) is 16.3. The fourth-order valence-corrected chi connectivity index (χ4v) is 3.32.